The lowest BCUT2D eigenvalue weighted by Gasteiger charge is -2.09. The highest BCUT2D eigenvalue weighted by Crippen LogP contribution is 2.19. The van der Waals surface area contributed by atoms with E-state index in [1.54, 1.807) is 13.2 Å². The molecule has 0 aliphatic heterocycles. The fourth-order valence-corrected chi connectivity index (χ4v) is 1.21. The largest absolute Gasteiger partial charge is 0.490 e. The molecule has 0 saturated carbocycles. The van der Waals surface area contributed by atoms with Crippen LogP contribution in [-0.2, 0) is 9.47 Å². The molecule has 0 heterocycles. The number of halogens is 1. The van der Waals surface area contributed by atoms with Crippen LogP contribution in [0.5, 0.6) is 5.75 Å². The molecule has 0 N–H and O–H groups in total. The Hall–Kier alpha value is -1.46. The second-order valence-electron chi connectivity index (χ2n) is 3.22. The number of ether oxygens (including phenoxy) is 3. The van der Waals surface area contributed by atoms with Gasteiger partial charge in [-0.3, -0.25) is 4.79 Å². The standard InChI is InChI=1S/C12H15FO4/c1-15-5-6-16-7-8-17-12-4-2-3-11(13)10(12)9-14/h2-4,9H,5-8H2,1H3. The van der Waals surface area contributed by atoms with Crippen LogP contribution in [0.2, 0.25) is 0 Å². The highest BCUT2D eigenvalue weighted by molar-refractivity contribution is 5.79. The Morgan fingerprint density at radius 3 is 2.71 bits per heavy atom. The molecule has 0 bridgehead atoms. The molecular weight excluding hydrogens is 227 g/mol. The lowest BCUT2D eigenvalue weighted by Crippen LogP contribution is -2.11. The lowest BCUT2D eigenvalue weighted by molar-refractivity contribution is 0.0542. The summed E-state index contributed by atoms with van der Waals surface area (Å²) in [5.41, 5.74) is -0.0654. The van der Waals surface area contributed by atoms with E-state index in [1.807, 2.05) is 0 Å². The molecule has 1 aromatic carbocycles. The van der Waals surface area contributed by atoms with Gasteiger partial charge in [0.1, 0.15) is 18.2 Å². The minimum Gasteiger partial charge on any atom is -0.490 e. The molecular formula is C12H15FO4. The van der Waals surface area contributed by atoms with Gasteiger partial charge in [0.25, 0.3) is 0 Å². The second kappa shape index (κ2) is 7.76. The number of methoxy groups -OCH3 is 1. The van der Waals surface area contributed by atoms with Gasteiger partial charge in [-0.05, 0) is 12.1 Å². The van der Waals surface area contributed by atoms with Crippen molar-refractivity contribution in [2.24, 2.45) is 0 Å². The van der Waals surface area contributed by atoms with Gasteiger partial charge >= 0.3 is 0 Å². The van der Waals surface area contributed by atoms with Crippen LogP contribution in [0.15, 0.2) is 18.2 Å². The van der Waals surface area contributed by atoms with Gasteiger partial charge in [-0.15, -0.1) is 0 Å². The van der Waals surface area contributed by atoms with Crippen molar-refractivity contribution in [3.05, 3.63) is 29.6 Å². The van der Waals surface area contributed by atoms with E-state index in [0.717, 1.165) is 0 Å². The quantitative estimate of drug-likeness (QED) is 0.514. The highest BCUT2D eigenvalue weighted by atomic mass is 19.1. The predicted octanol–water partition coefficient (Wildman–Crippen LogP) is 1.68. The average molecular weight is 242 g/mol. The zero-order valence-corrected chi connectivity index (χ0v) is 9.65. The second-order valence-corrected chi connectivity index (χ2v) is 3.22. The molecule has 0 saturated heterocycles. The van der Waals surface area contributed by atoms with Gasteiger partial charge in [0.05, 0.1) is 25.4 Å². The smallest absolute Gasteiger partial charge is 0.156 e. The van der Waals surface area contributed by atoms with E-state index >= 15 is 0 Å². The summed E-state index contributed by atoms with van der Waals surface area (Å²) in [6.07, 6.45) is 0.441. The summed E-state index contributed by atoms with van der Waals surface area (Å²) in [6.45, 7) is 1.61. The van der Waals surface area contributed by atoms with Crippen molar-refractivity contribution in [1.82, 2.24) is 0 Å². The molecule has 4 nitrogen and oxygen atoms in total. The fourth-order valence-electron chi connectivity index (χ4n) is 1.21. The number of rotatable bonds is 8. The van der Waals surface area contributed by atoms with Gasteiger partial charge in [-0.2, -0.15) is 0 Å². The van der Waals surface area contributed by atoms with E-state index in [9.17, 15) is 9.18 Å². The van der Waals surface area contributed by atoms with E-state index in [0.29, 0.717) is 26.1 Å². The Morgan fingerprint density at radius 1 is 1.24 bits per heavy atom. The molecule has 1 rings (SSSR count). The Balaban J connectivity index is 2.36. The van der Waals surface area contributed by atoms with Crippen LogP contribution < -0.4 is 4.74 Å². The van der Waals surface area contributed by atoms with Gasteiger partial charge in [0.2, 0.25) is 0 Å². The first kappa shape index (κ1) is 13.6. The van der Waals surface area contributed by atoms with Crippen LogP contribution in [0.3, 0.4) is 0 Å². The molecule has 0 unspecified atom stereocenters. The van der Waals surface area contributed by atoms with E-state index in [4.69, 9.17) is 14.2 Å². The maximum atomic E-state index is 13.2. The molecule has 0 aromatic heterocycles. The highest BCUT2D eigenvalue weighted by Gasteiger charge is 2.07. The first-order chi connectivity index (χ1) is 8.29. The van der Waals surface area contributed by atoms with Crippen molar-refractivity contribution in [3.8, 4) is 5.75 Å². The minimum atomic E-state index is -0.585. The zero-order valence-electron chi connectivity index (χ0n) is 9.65. The van der Waals surface area contributed by atoms with Crippen LogP contribution >= 0.6 is 0 Å². The summed E-state index contributed by atoms with van der Waals surface area (Å²) in [7, 11) is 1.59. The molecule has 0 radical (unpaired) electrons. The average Bonchev–Trinajstić information content (AvgIpc) is 2.34. The normalized spacial score (nSPS) is 10.2. The minimum absolute atomic E-state index is 0.0654. The molecule has 0 aliphatic rings. The van der Waals surface area contributed by atoms with Gasteiger partial charge in [0.15, 0.2) is 6.29 Å². The van der Waals surface area contributed by atoms with Gasteiger partial charge in [0, 0.05) is 7.11 Å². The first-order valence-electron chi connectivity index (χ1n) is 5.22. The van der Waals surface area contributed by atoms with Gasteiger partial charge in [-0.1, -0.05) is 6.07 Å². The zero-order chi connectivity index (χ0) is 12.5. The van der Waals surface area contributed by atoms with Crippen LogP contribution in [0.25, 0.3) is 0 Å². The molecule has 17 heavy (non-hydrogen) atoms. The molecule has 0 aliphatic carbocycles. The van der Waals surface area contributed by atoms with E-state index in [1.165, 1.54) is 12.1 Å². The van der Waals surface area contributed by atoms with Crippen molar-refractivity contribution < 1.29 is 23.4 Å². The topological polar surface area (TPSA) is 44.8 Å². The third kappa shape index (κ3) is 4.50. The van der Waals surface area contributed by atoms with Crippen molar-refractivity contribution in [1.29, 1.82) is 0 Å². The van der Waals surface area contributed by atoms with E-state index in [-0.39, 0.29) is 17.9 Å². The molecule has 5 heteroatoms. The Morgan fingerprint density at radius 2 is 2.00 bits per heavy atom. The number of benzene rings is 1. The Labute approximate surface area is 99.3 Å². The SMILES string of the molecule is COCCOCCOc1cccc(F)c1C=O. The molecule has 94 valence electrons. The summed E-state index contributed by atoms with van der Waals surface area (Å²) < 4.78 is 28.4. The third-order valence-electron chi connectivity index (χ3n) is 2.05. The Bertz CT molecular complexity index is 354. The van der Waals surface area contributed by atoms with Crippen molar-refractivity contribution in [3.63, 3.8) is 0 Å². The Kier molecular flexibility index (Phi) is 6.21. The predicted molar refractivity (Wildman–Crippen MR) is 60.0 cm³/mol. The van der Waals surface area contributed by atoms with E-state index < -0.39 is 5.82 Å². The summed E-state index contributed by atoms with van der Waals surface area (Å²) in [4.78, 5) is 10.7. The number of hydrogen-bond acceptors (Lipinski definition) is 4. The molecule has 0 atom stereocenters. The molecule has 0 spiro atoms. The number of carbonyl (C=O) groups excluding carboxylic acids is 1. The molecule has 1 aromatic rings. The summed E-state index contributed by atoms with van der Waals surface area (Å²) in [6, 6.07) is 4.25. The van der Waals surface area contributed by atoms with Gasteiger partial charge in [-0.25, -0.2) is 4.39 Å². The molecule has 0 fully saturated rings. The number of aldehydes is 1. The lowest BCUT2D eigenvalue weighted by atomic mass is 10.2. The van der Waals surface area contributed by atoms with Crippen LogP contribution in [-0.4, -0.2) is 39.8 Å². The number of carbonyl (C=O) groups is 1. The van der Waals surface area contributed by atoms with Crippen LogP contribution in [0, 0.1) is 5.82 Å². The van der Waals surface area contributed by atoms with Crippen LogP contribution in [0.1, 0.15) is 10.4 Å². The molecule has 0 amide bonds. The van der Waals surface area contributed by atoms with Gasteiger partial charge < -0.3 is 14.2 Å². The van der Waals surface area contributed by atoms with Crippen molar-refractivity contribution in [2.75, 3.05) is 33.5 Å². The van der Waals surface area contributed by atoms with Crippen molar-refractivity contribution >= 4 is 6.29 Å². The van der Waals surface area contributed by atoms with Crippen LogP contribution in [0.4, 0.5) is 4.39 Å². The summed E-state index contributed by atoms with van der Waals surface area (Å²) >= 11 is 0. The maximum absolute atomic E-state index is 13.2. The number of hydrogen-bond donors (Lipinski definition) is 0. The fraction of sp³-hybridized carbons (Fsp3) is 0.417. The third-order valence-corrected chi connectivity index (χ3v) is 2.05. The van der Waals surface area contributed by atoms with Crippen molar-refractivity contribution in [2.45, 2.75) is 0 Å². The maximum Gasteiger partial charge on any atom is 0.156 e. The summed E-state index contributed by atoms with van der Waals surface area (Å²) in [5.74, 6) is -0.354. The monoisotopic (exact) mass is 242 g/mol. The summed E-state index contributed by atoms with van der Waals surface area (Å²) in [5, 5.41) is 0. The first-order valence-corrected chi connectivity index (χ1v) is 5.22. The van der Waals surface area contributed by atoms with E-state index in [2.05, 4.69) is 0 Å².